The summed E-state index contributed by atoms with van der Waals surface area (Å²) >= 11 is 3.38. The summed E-state index contributed by atoms with van der Waals surface area (Å²) in [5.74, 6) is 0. The van der Waals surface area contributed by atoms with Crippen LogP contribution >= 0.6 is 22.7 Å². The lowest BCUT2D eigenvalue weighted by Crippen LogP contribution is -1.89. The van der Waals surface area contributed by atoms with Crippen molar-refractivity contribution in [1.29, 1.82) is 0 Å². The molecule has 2 aromatic carbocycles. The fourth-order valence-corrected chi connectivity index (χ4v) is 5.32. The number of nitrogens with zero attached hydrogens (tertiary/aromatic N) is 4. The molecule has 0 saturated heterocycles. The van der Waals surface area contributed by atoms with Crippen LogP contribution < -0.4 is 0 Å². The highest BCUT2D eigenvalue weighted by molar-refractivity contribution is 7.22. The zero-order valence-electron chi connectivity index (χ0n) is 15.7. The number of hydrogen-bond acceptors (Lipinski definition) is 6. The molecule has 0 saturated carbocycles. The van der Waals surface area contributed by atoms with Gasteiger partial charge in [-0.25, -0.2) is 9.97 Å². The van der Waals surface area contributed by atoms with Crippen molar-refractivity contribution >= 4 is 43.1 Å². The Morgan fingerprint density at radius 3 is 1.47 bits per heavy atom. The lowest BCUT2D eigenvalue weighted by Gasteiger charge is -2.04. The largest absolute Gasteiger partial charge is 0.255 e. The number of para-hydroxylation sites is 2. The molecule has 4 aromatic heterocycles. The van der Waals surface area contributed by atoms with E-state index in [2.05, 4.69) is 34.2 Å². The van der Waals surface area contributed by atoms with Crippen molar-refractivity contribution in [2.45, 2.75) is 0 Å². The van der Waals surface area contributed by atoms with E-state index in [1.165, 1.54) is 9.40 Å². The van der Waals surface area contributed by atoms with E-state index in [-0.39, 0.29) is 0 Å². The van der Waals surface area contributed by atoms with Crippen molar-refractivity contribution in [3.8, 4) is 32.5 Å². The maximum Gasteiger partial charge on any atom is 0.124 e. The van der Waals surface area contributed by atoms with Gasteiger partial charge in [0, 0.05) is 23.5 Å². The first-order valence-electron chi connectivity index (χ1n) is 9.48. The molecule has 0 atom stereocenters. The average Bonchev–Trinajstić information content (AvgIpc) is 3.44. The molecule has 6 aromatic rings. The third kappa shape index (κ3) is 3.07. The highest BCUT2D eigenvalue weighted by atomic mass is 32.1. The SMILES string of the molecule is c1ccc2sc(-c3ccnc(-c4cc(-c5nc6ccccc6s5)ccn4)c3)nc2c1. The van der Waals surface area contributed by atoms with E-state index >= 15 is 0 Å². The molecule has 4 nitrogen and oxygen atoms in total. The molecule has 4 heterocycles. The Morgan fingerprint density at radius 1 is 0.533 bits per heavy atom. The van der Waals surface area contributed by atoms with Crippen LogP contribution in [0.1, 0.15) is 0 Å². The van der Waals surface area contributed by atoms with Gasteiger partial charge in [-0.3, -0.25) is 9.97 Å². The van der Waals surface area contributed by atoms with Gasteiger partial charge >= 0.3 is 0 Å². The lowest BCUT2D eigenvalue weighted by molar-refractivity contribution is 1.24. The molecule has 0 aliphatic heterocycles. The Morgan fingerprint density at radius 2 is 1.00 bits per heavy atom. The predicted molar refractivity (Wildman–Crippen MR) is 125 cm³/mol. The van der Waals surface area contributed by atoms with Crippen LogP contribution in [0.5, 0.6) is 0 Å². The van der Waals surface area contributed by atoms with Crippen molar-refractivity contribution < 1.29 is 0 Å². The second-order valence-electron chi connectivity index (χ2n) is 6.83. The Kier molecular flexibility index (Phi) is 4.11. The molecule has 30 heavy (non-hydrogen) atoms. The summed E-state index contributed by atoms with van der Waals surface area (Å²) in [5, 5.41) is 1.98. The summed E-state index contributed by atoms with van der Waals surface area (Å²) in [7, 11) is 0. The van der Waals surface area contributed by atoms with Crippen molar-refractivity contribution in [3.05, 3.63) is 85.2 Å². The molecule has 0 amide bonds. The van der Waals surface area contributed by atoms with Crippen molar-refractivity contribution in [3.63, 3.8) is 0 Å². The summed E-state index contributed by atoms with van der Waals surface area (Å²) in [5.41, 5.74) is 5.80. The first kappa shape index (κ1) is 17.4. The molecule has 0 fully saturated rings. The van der Waals surface area contributed by atoms with Gasteiger partial charge in [-0.05, 0) is 48.5 Å². The van der Waals surface area contributed by atoms with Crippen LogP contribution in [0, 0.1) is 0 Å². The number of fused-ring (bicyclic) bond motifs is 2. The fourth-order valence-electron chi connectivity index (χ4n) is 3.40. The third-order valence-electron chi connectivity index (χ3n) is 4.86. The Labute approximate surface area is 180 Å². The van der Waals surface area contributed by atoms with Gasteiger partial charge < -0.3 is 0 Å². The van der Waals surface area contributed by atoms with Gasteiger partial charge in [-0.15, -0.1) is 22.7 Å². The molecular weight excluding hydrogens is 408 g/mol. The molecule has 0 aliphatic carbocycles. The van der Waals surface area contributed by atoms with Gasteiger partial charge in [0.25, 0.3) is 0 Å². The normalized spacial score (nSPS) is 11.3. The van der Waals surface area contributed by atoms with E-state index < -0.39 is 0 Å². The predicted octanol–water partition coefficient (Wildman–Crippen LogP) is 6.70. The highest BCUT2D eigenvalue weighted by Crippen LogP contribution is 2.33. The number of aromatic nitrogens is 4. The summed E-state index contributed by atoms with van der Waals surface area (Å²) in [6.45, 7) is 0. The quantitative estimate of drug-likeness (QED) is 0.318. The van der Waals surface area contributed by atoms with Crippen molar-refractivity contribution in [2.24, 2.45) is 0 Å². The number of thiazole rings is 2. The molecule has 0 N–H and O–H groups in total. The van der Waals surface area contributed by atoms with Crippen LogP contribution in [0.2, 0.25) is 0 Å². The number of benzene rings is 2. The minimum absolute atomic E-state index is 0.828. The van der Waals surface area contributed by atoms with Crippen molar-refractivity contribution in [1.82, 2.24) is 19.9 Å². The molecular formula is C24H14N4S2. The number of rotatable bonds is 3. The van der Waals surface area contributed by atoms with Crippen molar-refractivity contribution in [2.75, 3.05) is 0 Å². The smallest absolute Gasteiger partial charge is 0.124 e. The Balaban J connectivity index is 1.41. The van der Waals surface area contributed by atoms with Gasteiger partial charge in [0.2, 0.25) is 0 Å². The monoisotopic (exact) mass is 422 g/mol. The number of pyridine rings is 2. The number of hydrogen-bond donors (Lipinski definition) is 0. The van der Waals surface area contributed by atoms with Gasteiger partial charge in [-0.1, -0.05) is 24.3 Å². The van der Waals surface area contributed by atoms with Gasteiger partial charge in [-0.2, -0.15) is 0 Å². The summed E-state index contributed by atoms with van der Waals surface area (Å²) in [4.78, 5) is 18.7. The maximum atomic E-state index is 4.77. The first-order valence-corrected chi connectivity index (χ1v) is 11.1. The molecule has 0 bridgehead atoms. The van der Waals surface area contributed by atoms with Crippen LogP contribution in [0.25, 0.3) is 53.0 Å². The topological polar surface area (TPSA) is 51.6 Å². The van der Waals surface area contributed by atoms with Crippen LogP contribution in [0.3, 0.4) is 0 Å². The zero-order valence-corrected chi connectivity index (χ0v) is 17.3. The molecule has 0 radical (unpaired) electrons. The fraction of sp³-hybridized carbons (Fsp3) is 0. The molecule has 0 spiro atoms. The van der Waals surface area contributed by atoms with Gasteiger partial charge in [0.1, 0.15) is 10.0 Å². The second-order valence-corrected chi connectivity index (χ2v) is 8.89. The van der Waals surface area contributed by atoms with E-state index in [9.17, 15) is 0 Å². The van der Waals surface area contributed by atoms with Crippen LogP contribution in [0.4, 0.5) is 0 Å². The van der Waals surface area contributed by atoms with Crippen LogP contribution in [-0.4, -0.2) is 19.9 Å². The van der Waals surface area contributed by atoms with Gasteiger partial charge in [0.05, 0.1) is 31.8 Å². The third-order valence-corrected chi connectivity index (χ3v) is 7.03. The molecule has 0 unspecified atom stereocenters. The first-order chi connectivity index (χ1) is 14.8. The van der Waals surface area contributed by atoms with Gasteiger partial charge in [0.15, 0.2) is 0 Å². The zero-order chi connectivity index (χ0) is 19.9. The van der Waals surface area contributed by atoms with E-state index in [1.807, 2.05) is 60.9 Å². The lowest BCUT2D eigenvalue weighted by atomic mass is 10.1. The molecule has 6 rings (SSSR count). The molecule has 0 aliphatic rings. The standard InChI is InChI=1S/C24H14N4S2/c1-3-7-21-17(5-1)27-23(29-21)15-9-11-25-19(13-15)20-14-16(10-12-26-20)24-28-18-6-2-4-8-22(18)30-24/h1-14H. The minimum Gasteiger partial charge on any atom is -0.255 e. The van der Waals surface area contributed by atoms with E-state index in [0.29, 0.717) is 0 Å². The average molecular weight is 423 g/mol. The van der Waals surface area contributed by atoms with E-state index in [4.69, 9.17) is 9.97 Å². The highest BCUT2D eigenvalue weighted by Gasteiger charge is 2.11. The summed E-state index contributed by atoms with van der Waals surface area (Å²) in [6, 6.07) is 24.5. The van der Waals surface area contributed by atoms with E-state index in [0.717, 1.165) is 43.6 Å². The summed E-state index contributed by atoms with van der Waals surface area (Å²) in [6.07, 6.45) is 3.64. The minimum atomic E-state index is 0.828. The Hall–Kier alpha value is -3.48. The van der Waals surface area contributed by atoms with Crippen LogP contribution in [-0.2, 0) is 0 Å². The summed E-state index contributed by atoms with van der Waals surface area (Å²) < 4.78 is 2.36. The maximum absolute atomic E-state index is 4.77. The van der Waals surface area contributed by atoms with Crippen LogP contribution in [0.15, 0.2) is 85.2 Å². The Bertz CT molecular complexity index is 1330. The molecule has 6 heteroatoms. The van der Waals surface area contributed by atoms with E-state index in [1.54, 1.807) is 22.7 Å². The molecule has 142 valence electrons. The second kappa shape index (κ2) is 7.09.